The third-order valence-electron chi connectivity index (χ3n) is 2.52. The summed E-state index contributed by atoms with van der Waals surface area (Å²) in [6.45, 7) is 0. The summed E-state index contributed by atoms with van der Waals surface area (Å²) in [6, 6.07) is 9.23. The minimum Gasteiger partial charge on any atom is -0.399 e. The molecular weight excluding hydrogens is 280 g/mol. The minimum absolute atomic E-state index is 0.612. The zero-order chi connectivity index (χ0) is 13.2. The number of halogens is 1. The smallest absolute Gasteiger partial charge is 0.117 e. The van der Waals surface area contributed by atoms with E-state index in [1.165, 1.54) is 18.1 Å². The summed E-state index contributed by atoms with van der Waals surface area (Å²) in [5, 5.41) is 3.18. The van der Waals surface area contributed by atoms with Crippen molar-refractivity contribution in [2.45, 2.75) is 10.1 Å². The Morgan fingerprint density at radius 3 is 2.74 bits per heavy atom. The summed E-state index contributed by atoms with van der Waals surface area (Å²) in [6.07, 6.45) is 3.15. The zero-order valence-electron chi connectivity index (χ0n) is 9.75. The van der Waals surface area contributed by atoms with Gasteiger partial charge in [-0.1, -0.05) is 11.6 Å². The predicted molar refractivity (Wildman–Crippen MR) is 77.3 cm³/mol. The van der Waals surface area contributed by atoms with E-state index in [1.807, 2.05) is 24.3 Å². The van der Waals surface area contributed by atoms with E-state index >= 15 is 0 Å². The molecule has 6 heteroatoms. The van der Waals surface area contributed by atoms with E-state index in [2.05, 4.69) is 15.0 Å². The third-order valence-corrected chi connectivity index (χ3v) is 3.72. The van der Waals surface area contributed by atoms with Crippen molar-refractivity contribution in [1.82, 2.24) is 15.0 Å². The van der Waals surface area contributed by atoms with E-state index < -0.39 is 0 Å². The molecule has 0 saturated heterocycles. The number of nitrogens with two attached hydrogens (primary N) is 1. The van der Waals surface area contributed by atoms with Gasteiger partial charge in [0, 0.05) is 17.3 Å². The molecule has 0 atom stereocenters. The van der Waals surface area contributed by atoms with Crippen molar-refractivity contribution >= 4 is 40.0 Å². The highest BCUT2D eigenvalue weighted by Gasteiger charge is 2.07. The van der Waals surface area contributed by atoms with Crippen LogP contribution < -0.4 is 5.73 Å². The Labute approximate surface area is 119 Å². The first kappa shape index (κ1) is 12.2. The van der Waals surface area contributed by atoms with Crippen LogP contribution in [0.15, 0.2) is 52.9 Å². The highest BCUT2D eigenvalue weighted by atomic mass is 35.5. The van der Waals surface area contributed by atoms with E-state index in [-0.39, 0.29) is 0 Å². The highest BCUT2D eigenvalue weighted by Crippen LogP contribution is 2.30. The van der Waals surface area contributed by atoms with Gasteiger partial charge in [0.2, 0.25) is 0 Å². The summed E-state index contributed by atoms with van der Waals surface area (Å²) < 4.78 is 0. The summed E-state index contributed by atoms with van der Waals surface area (Å²) in [4.78, 5) is 12.7. The quantitative estimate of drug-likeness (QED) is 0.578. The lowest BCUT2D eigenvalue weighted by Gasteiger charge is -2.05. The van der Waals surface area contributed by atoms with Crippen molar-refractivity contribution < 1.29 is 0 Å². The maximum absolute atomic E-state index is 5.82. The van der Waals surface area contributed by atoms with Crippen LogP contribution in [0.25, 0.3) is 10.9 Å². The summed E-state index contributed by atoms with van der Waals surface area (Å²) >= 11 is 7.27. The van der Waals surface area contributed by atoms with Crippen LogP contribution in [0.3, 0.4) is 0 Å². The van der Waals surface area contributed by atoms with E-state index in [1.54, 1.807) is 12.3 Å². The molecule has 2 aromatic heterocycles. The molecule has 0 aliphatic rings. The van der Waals surface area contributed by atoms with Gasteiger partial charge < -0.3 is 5.73 Å². The molecule has 3 aromatic rings. The number of aromatic nitrogens is 3. The molecule has 3 rings (SSSR count). The Bertz CT molecular complexity index is 730. The van der Waals surface area contributed by atoms with Crippen LogP contribution in [0.2, 0.25) is 5.02 Å². The van der Waals surface area contributed by atoms with Crippen LogP contribution in [0.1, 0.15) is 0 Å². The third kappa shape index (κ3) is 2.62. The molecule has 2 N–H and O–H groups in total. The molecule has 94 valence electrons. The fraction of sp³-hybridized carbons (Fsp3) is 0. The Morgan fingerprint density at radius 2 is 1.95 bits per heavy atom. The average molecular weight is 289 g/mol. The normalized spacial score (nSPS) is 10.8. The van der Waals surface area contributed by atoms with Gasteiger partial charge in [-0.2, -0.15) is 0 Å². The molecule has 0 amide bonds. The largest absolute Gasteiger partial charge is 0.399 e. The van der Waals surface area contributed by atoms with Crippen molar-refractivity contribution in [1.29, 1.82) is 0 Å². The average Bonchev–Trinajstić information content (AvgIpc) is 2.42. The van der Waals surface area contributed by atoms with Crippen LogP contribution >= 0.6 is 23.4 Å². The maximum Gasteiger partial charge on any atom is 0.117 e. The van der Waals surface area contributed by atoms with Crippen LogP contribution in [0.4, 0.5) is 5.69 Å². The van der Waals surface area contributed by atoms with Crippen LogP contribution in [0, 0.1) is 0 Å². The molecule has 0 fully saturated rings. The van der Waals surface area contributed by atoms with E-state index in [9.17, 15) is 0 Å². The predicted octanol–water partition coefficient (Wildman–Crippen LogP) is 3.41. The molecule has 0 aliphatic carbocycles. The first-order chi connectivity index (χ1) is 9.22. The second-order valence-electron chi connectivity index (χ2n) is 3.87. The molecule has 0 spiro atoms. The molecule has 0 bridgehead atoms. The number of nitrogens with zero attached hydrogens (tertiary/aromatic N) is 3. The second-order valence-corrected chi connectivity index (χ2v) is 5.32. The standard InChI is InChI=1S/C13H9ClN4S/c14-8-1-4-12(16-6-8)19-13-10-5-9(15)2-3-11(10)17-7-18-13/h1-7H,15H2. The van der Waals surface area contributed by atoms with Gasteiger partial charge in [0.15, 0.2) is 0 Å². The van der Waals surface area contributed by atoms with Gasteiger partial charge in [-0.25, -0.2) is 15.0 Å². The lowest BCUT2D eigenvalue weighted by molar-refractivity contribution is 1.08. The lowest BCUT2D eigenvalue weighted by Crippen LogP contribution is -1.90. The number of anilines is 1. The van der Waals surface area contributed by atoms with Crippen LogP contribution in [0.5, 0.6) is 0 Å². The van der Waals surface area contributed by atoms with Crippen LogP contribution in [-0.4, -0.2) is 15.0 Å². The molecule has 4 nitrogen and oxygen atoms in total. The van der Waals surface area contributed by atoms with Gasteiger partial charge in [0.25, 0.3) is 0 Å². The van der Waals surface area contributed by atoms with Gasteiger partial charge in [-0.05, 0) is 42.1 Å². The first-order valence-electron chi connectivity index (χ1n) is 5.52. The summed E-state index contributed by atoms with van der Waals surface area (Å²) in [5.41, 5.74) is 7.36. The lowest BCUT2D eigenvalue weighted by atomic mass is 10.2. The maximum atomic E-state index is 5.82. The Kier molecular flexibility index (Phi) is 3.23. The Hall–Kier alpha value is -1.85. The van der Waals surface area contributed by atoms with E-state index in [0.29, 0.717) is 10.7 Å². The number of rotatable bonds is 2. The Balaban J connectivity index is 2.05. The fourth-order valence-electron chi connectivity index (χ4n) is 1.65. The SMILES string of the molecule is Nc1ccc2ncnc(Sc3ccc(Cl)cn3)c2c1. The number of hydrogen-bond acceptors (Lipinski definition) is 5. The van der Waals surface area contributed by atoms with Crippen molar-refractivity contribution in [3.05, 3.63) is 47.9 Å². The number of hydrogen-bond donors (Lipinski definition) is 1. The van der Waals surface area contributed by atoms with Crippen molar-refractivity contribution in [3.8, 4) is 0 Å². The summed E-state index contributed by atoms with van der Waals surface area (Å²) in [7, 11) is 0. The molecular formula is C13H9ClN4S. The van der Waals surface area contributed by atoms with Gasteiger partial charge in [0.05, 0.1) is 10.5 Å². The Morgan fingerprint density at radius 1 is 1.05 bits per heavy atom. The minimum atomic E-state index is 0.612. The van der Waals surface area contributed by atoms with Gasteiger partial charge in [-0.15, -0.1) is 0 Å². The van der Waals surface area contributed by atoms with E-state index in [0.717, 1.165) is 21.0 Å². The molecule has 2 heterocycles. The molecule has 0 saturated carbocycles. The molecule has 1 aromatic carbocycles. The molecule has 0 radical (unpaired) electrons. The van der Waals surface area contributed by atoms with Gasteiger partial charge in [0.1, 0.15) is 16.4 Å². The summed E-state index contributed by atoms with van der Waals surface area (Å²) in [5.74, 6) is 0. The second kappa shape index (κ2) is 5.03. The zero-order valence-corrected chi connectivity index (χ0v) is 11.3. The van der Waals surface area contributed by atoms with Gasteiger partial charge >= 0.3 is 0 Å². The topological polar surface area (TPSA) is 64.7 Å². The van der Waals surface area contributed by atoms with Crippen molar-refractivity contribution in [2.75, 3.05) is 5.73 Å². The van der Waals surface area contributed by atoms with E-state index in [4.69, 9.17) is 17.3 Å². The number of nitrogen functional groups attached to an aromatic ring is 1. The number of pyridine rings is 1. The van der Waals surface area contributed by atoms with Gasteiger partial charge in [-0.3, -0.25) is 0 Å². The van der Waals surface area contributed by atoms with Crippen molar-refractivity contribution in [2.24, 2.45) is 0 Å². The molecule has 0 unspecified atom stereocenters. The first-order valence-corrected chi connectivity index (χ1v) is 6.71. The monoisotopic (exact) mass is 288 g/mol. The van der Waals surface area contributed by atoms with Crippen molar-refractivity contribution in [3.63, 3.8) is 0 Å². The molecule has 0 aliphatic heterocycles. The fourth-order valence-corrected chi connectivity index (χ4v) is 2.58. The highest BCUT2D eigenvalue weighted by molar-refractivity contribution is 7.99. The number of benzene rings is 1. The van der Waals surface area contributed by atoms with Crippen LogP contribution in [-0.2, 0) is 0 Å². The molecule has 19 heavy (non-hydrogen) atoms. The number of fused-ring (bicyclic) bond motifs is 1.